The van der Waals surface area contributed by atoms with Crippen molar-refractivity contribution in [2.24, 2.45) is 5.92 Å². The number of benzene rings is 1. The lowest BCUT2D eigenvalue weighted by Gasteiger charge is -2.44. The van der Waals surface area contributed by atoms with Gasteiger partial charge >= 0.3 is 31.0 Å². The highest BCUT2D eigenvalue weighted by Gasteiger charge is 2.53. The summed E-state index contributed by atoms with van der Waals surface area (Å²) in [4.78, 5) is 47.3. The predicted octanol–water partition coefficient (Wildman–Crippen LogP) is 1.92. The summed E-state index contributed by atoms with van der Waals surface area (Å²) in [5, 5.41) is 9.65. The van der Waals surface area contributed by atoms with E-state index in [-0.39, 0.29) is 6.61 Å². The first-order valence-electron chi connectivity index (χ1n) is 13.0. The van der Waals surface area contributed by atoms with Gasteiger partial charge in [-0.1, -0.05) is 12.1 Å². The van der Waals surface area contributed by atoms with Gasteiger partial charge in [-0.3, -0.25) is 19.2 Å². The fourth-order valence-corrected chi connectivity index (χ4v) is 4.56. The number of hydrogen-bond acceptors (Lipinski definition) is 11. The predicted molar refractivity (Wildman–Crippen MR) is 140 cm³/mol. The number of hydrogen-bond donors (Lipinski definition) is 1. The van der Waals surface area contributed by atoms with E-state index in [1.165, 1.54) is 6.92 Å². The number of carboxylic acids is 1. The smallest absolute Gasteiger partial charge is 0.481 e. The third kappa shape index (κ3) is 7.32. The molecule has 220 valence electrons. The monoisotopic (exact) mass is 564 g/mol. The van der Waals surface area contributed by atoms with E-state index < -0.39 is 79.1 Å². The van der Waals surface area contributed by atoms with Crippen LogP contribution in [0.1, 0.15) is 60.5 Å². The molecule has 0 bridgehead atoms. The van der Waals surface area contributed by atoms with E-state index in [1.54, 1.807) is 19.1 Å². The lowest BCUT2D eigenvalue weighted by atomic mass is 9.78. The van der Waals surface area contributed by atoms with Crippen LogP contribution in [0, 0.1) is 12.8 Å². The number of esters is 3. The molecule has 0 amide bonds. The van der Waals surface area contributed by atoms with Crippen LogP contribution < -0.4 is 10.2 Å². The van der Waals surface area contributed by atoms with Gasteiger partial charge in [0.05, 0.1) is 23.5 Å². The summed E-state index contributed by atoms with van der Waals surface area (Å²) >= 11 is 0. The van der Waals surface area contributed by atoms with Crippen molar-refractivity contribution in [3.05, 3.63) is 23.8 Å². The summed E-state index contributed by atoms with van der Waals surface area (Å²) in [5.74, 6) is -4.00. The van der Waals surface area contributed by atoms with Crippen molar-refractivity contribution in [3.63, 3.8) is 0 Å². The molecule has 40 heavy (non-hydrogen) atoms. The molecule has 2 saturated heterocycles. The van der Waals surface area contributed by atoms with E-state index in [1.807, 2.05) is 33.8 Å². The molecule has 13 heteroatoms. The van der Waals surface area contributed by atoms with Crippen molar-refractivity contribution < 1.29 is 57.3 Å². The Labute approximate surface area is 233 Å². The zero-order chi connectivity index (χ0) is 30.0. The van der Waals surface area contributed by atoms with Crippen LogP contribution in [-0.4, -0.2) is 78.5 Å². The Bertz CT molecular complexity index is 1120. The van der Waals surface area contributed by atoms with Gasteiger partial charge in [0.2, 0.25) is 6.29 Å². The third-order valence-electron chi connectivity index (χ3n) is 7.20. The number of carboxylic acid groups (broad SMARTS) is 1. The second-order valence-corrected chi connectivity index (χ2v) is 11.0. The van der Waals surface area contributed by atoms with Gasteiger partial charge in [0.15, 0.2) is 12.2 Å². The Kier molecular flexibility index (Phi) is 9.53. The van der Waals surface area contributed by atoms with Crippen LogP contribution in [0.25, 0.3) is 0 Å². The lowest BCUT2D eigenvalue weighted by Crippen LogP contribution is -2.60. The summed E-state index contributed by atoms with van der Waals surface area (Å²) in [5.41, 5.74) is 0.382. The minimum absolute atomic E-state index is 0.357. The average molecular weight is 564 g/mol. The van der Waals surface area contributed by atoms with Crippen LogP contribution >= 0.6 is 0 Å². The summed E-state index contributed by atoms with van der Waals surface area (Å²) < 4.78 is 40.4. The molecule has 5 unspecified atom stereocenters. The van der Waals surface area contributed by atoms with E-state index >= 15 is 0 Å². The van der Waals surface area contributed by atoms with Crippen molar-refractivity contribution >= 4 is 36.5 Å². The van der Waals surface area contributed by atoms with Crippen LogP contribution in [0.2, 0.25) is 0 Å². The molecule has 1 N–H and O–H groups in total. The van der Waals surface area contributed by atoms with Crippen molar-refractivity contribution in [1.29, 1.82) is 0 Å². The molecular formula is C27H37BO12. The lowest BCUT2D eigenvalue weighted by molar-refractivity contribution is -0.271. The van der Waals surface area contributed by atoms with Gasteiger partial charge in [-0.2, -0.15) is 0 Å². The van der Waals surface area contributed by atoms with Gasteiger partial charge in [-0.05, 0) is 51.7 Å². The molecule has 1 aromatic carbocycles. The molecule has 2 aliphatic rings. The SMILES string of the molecule is CC(=O)OCC1OC(Oc2ccc(B3OC(C)(C)C(C)(C)O3)cc2C)C(CC(=O)O)C(OC(C)=O)C1OC(C)=O. The molecule has 0 saturated carbocycles. The summed E-state index contributed by atoms with van der Waals surface area (Å²) in [6.45, 7) is 12.7. The first-order chi connectivity index (χ1) is 18.5. The number of ether oxygens (including phenoxy) is 5. The topological polar surface area (TPSA) is 153 Å². The minimum Gasteiger partial charge on any atom is -0.481 e. The van der Waals surface area contributed by atoms with Gasteiger partial charge < -0.3 is 38.1 Å². The van der Waals surface area contributed by atoms with Gasteiger partial charge in [0.25, 0.3) is 0 Å². The Hall–Kier alpha value is -3.16. The maximum absolute atomic E-state index is 12.0. The van der Waals surface area contributed by atoms with Crippen LogP contribution in [0.3, 0.4) is 0 Å². The van der Waals surface area contributed by atoms with Crippen LogP contribution in [0.5, 0.6) is 5.75 Å². The summed E-state index contributed by atoms with van der Waals surface area (Å²) in [6.07, 6.45) is -5.44. The molecular weight excluding hydrogens is 527 g/mol. The molecule has 1 aromatic rings. The molecule has 2 fully saturated rings. The molecule has 2 heterocycles. The molecule has 0 radical (unpaired) electrons. The number of rotatable bonds is 9. The summed E-state index contributed by atoms with van der Waals surface area (Å²) in [6, 6.07) is 5.27. The highest BCUT2D eigenvalue weighted by atomic mass is 16.7. The van der Waals surface area contributed by atoms with E-state index in [9.17, 15) is 24.3 Å². The van der Waals surface area contributed by atoms with Gasteiger partial charge in [-0.15, -0.1) is 0 Å². The second kappa shape index (κ2) is 12.2. The van der Waals surface area contributed by atoms with Gasteiger partial charge in [0, 0.05) is 20.8 Å². The normalized spacial score (nSPS) is 27.0. The molecule has 0 aromatic heterocycles. The molecule has 0 aliphatic carbocycles. The highest BCUT2D eigenvalue weighted by molar-refractivity contribution is 6.62. The zero-order valence-electron chi connectivity index (χ0n) is 24.0. The number of aryl methyl sites for hydroxylation is 1. The second-order valence-electron chi connectivity index (χ2n) is 11.0. The Morgan fingerprint density at radius 3 is 2.00 bits per heavy atom. The summed E-state index contributed by atoms with van der Waals surface area (Å²) in [7, 11) is -0.602. The highest BCUT2D eigenvalue weighted by Crippen LogP contribution is 2.38. The fourth-order valence-electron chi connectivity index (χ4n) is 4.56. The molecule has 3 rings (SSSR count). The van der Waals surface area contributed by atoms with Crippen molar-refractivity contribution in [1.82, 2.24) is 0 Å². The maximum atomic E-state index is 12.0. The molecule has 0 spiro atoms. The Morgan fingerprint density at radius 2 is 1.50 bits per heavy atom. The van der Waals surface area contributed by atoms with Crippen LogP contribution in [0.15, 0.2) is 18.2 Å². The van der Waals surface area contributed by atoms with E-state index in [2.05, 4.69) is 0 Å². The fraction of sp³-hybridized carbons (Fsp3) is 0.630. The van der Waals surface area contributed by atoms with Crippen molar-refractivity contribution in [2.75, 3.05) is 6.61 Å². The first kappa shape index (κ1) is 31.4. The largest absolute Gasteiger partial charge is 0.494 e. The third-order valence-corrected chi connectivity index (χ3v) is 7.20. The van der Waals surface area contributed by atoms with Gasteiger partial charge in [-0.25, -0.2) is 0 Å². The minimum atomic E-state index is -1.27. The molecule has 2 aliphatic heterocycles. The van der Waals surface area contributed by atoms with Gasteiger partial charge in [0.1, 0.15) is 18.5 Å². The Balaban J connectivity index is 1.94. The Morgan fingerprint density at radius 1 is 0.925 bits per heavy atom. The average Bonchev–Trinajstić information content (AvgIpc) is 3.03. The quantitative estimate of drug-likeness (QED) is 0.265. The van der Waals surface area contributed by atoms with Crippen LogP contribution in [-0.2, 0) is 47.4 Å². The number of carbonyl (C=O) groups excluding carboxylic acids is 3. The zero-order valence-corrected chi connectivity index (χ0v) is 24.0. The van der Waals surface area contributed by atoms with E-state index in [4.69, 9.17) is 33.0 Å². The number of aliphatic carboxylic acids is 1. The van der Waals surface area contributed by atoms with E-state index in [0.29, 0.717) is 11.3 Å². The maximum Gasteiger partial charge on any atom is 0.494 e. The van der Waals surface area contributed by atoms with E-state index in [0.717, 1.165) is 19.3 Å². The first-order valence-corrected chi connectivity index (χ1v) is 13.0. The van der Waals surface area contributed by atoms with Crippen molar-refractivity contribution in [3.8, 4) is 5.75 Å². The number of carbonyl (C=O) groups is 4. The van der Waals surface area contributed by atoms with Crippen molar-refractivity contribution in [2.45, 2.75) is 97.6 Å². The molecule has 12 nitrogen and oxygen atoms in total. The van der Waals surface area contributed by atoms with Crippen LogP contribution in [0.4, 0.5) is 0 Å². The standard InChI is InChI=1S/C27H37BO12/c1-14-11-18(28-39-26(5,6)27(7,8)40-28)9-10-20(14)37-25-19(12-22(32)33)23(35-16(3)30)24(36-17(4)31)21(38-25)13-34-15(2)29/h9-11,19,21,23-25H,12-13H2,1-8H3,(H,32,33). The molecule has 5 atom stereocenters.